The van der Waals surface area contributed by atoms with Crippen LogP contribution in [0.1, 0.15) is 76.5 Å². The molecule has 0 aliphatic heterocycles. The third-order valence-corrected chi connectivity index (χ3v) is 6.15. The summed E-state index contributed by atoms with van der Waals surface area (Å²) in [6.45, 7) is 10.7. The highest BCUT2D eigenvalue weighted by molar-refractivity contribution is 5.88. The van der Waals surface area contributed by atoms with Crippen LogP contribution in [0.4, 0.5) is 0 Å². The summed E-state index contributed by atoms with van der Waals surface area (Å²) < 4.78 is 5.35. The number of hydrogen-bond donors (Lipinski definition) is 1. The normalized spacial score (nSPS) is 12.8. The number of ether oxygens (including phenoxy) is 1. The zero-order chi connectivity index (χ0) is 24.4. The minimum Gasteiger partial charge on any atom is -0.497 e. The Hall–Kier alpha value is -2.82. The molecule has 2 rings (SSSR count). The van der Waals surface area contributed by atoms with Gasteiger partial charge in [0.2, 0.25) is 11.8 Å². The molecule has 0 bridgehead atoms. The highest BCUT2D eigenvalue weighted by Crippen LogP contribution is 2.20. The van der Waals surface area contributed by atoms with Crippen molar-refractivity contribution in [2.45, 2.75) is 84.8 Å². The lowest BCUT2D eigenvalue weighted by Gasteiger charge is -2.31. The Morgan fingerprint density at radius 2 is 1.67 bits per heavy atom. The van der Waals surface area contributed by atoms with Crippen LogP contribution in [-0.2, 0) is 22.6 Å². The third-order valence-electron chi connectivity index (χ3n) is 6.15. The van der Waals surface area contributed by atoms with Gasteiger partial charge in [-0.1, -0.05) is 64.1 Å². The number of amides is 2. The number of rotatable bonds is 12. The summed E-state index contributed by atoms with van der Waals surface area (Å²) in [5.74, 6) is 1.11. The van der Waals surface area contributed by atoms with E-state index in [1.54, 1.807) is 12.0 Å². The van der Waals surface area contributed by atoms with Crippen LogP contribution >= 0.6 is 0 Å². The van der Waals surface area contributed by atoms with E-state index >= 15 is 0 Å². The van der Waals surface area contributed by atoms with Gasteiger partial charge in [-0.05, 0) is 60.9 Å². The molecule has 1 N–H and O–H groups in total. The van der Waals surface area contributed by atoms with E-state index in [0.29, 0.717) is 31.7 Å². The first kappa shape index (κ1) is 26.4. The quantitative estimate of drug-likeness (QED) is 0.464. The van der Waals surface area contributed by atoms with E-state index in [9.17, 15) is 9.59 Å². The summed E-state index contributed by atoms with van der Waals surface area (Å²) >= 11 is 0. The molecule has 0 spiro atoms. The topological polar surface area (TPSA) is 58.6 Å². The Balaban J connectivity index is 2.21. The van der Waals surface area contributed by atoms with Gasteiger partial charge in [0.15, 0.2) is 0 Å². The number of nitrogens with one attached hydrogen (secondary N) is 1. The minimum atomic E-state index is -0.513. The van der Waals surface area contributed by atoms with Gasteiger partial charge in [0.05, 0.1) is 7.11 Å². The summed E-state index contributed by atoms with van der Waals surface area (Å²) in [6, 6.07) is 15.7. The molecule has 0 aliphatic carbocycles. The van der Waals surface area contributed by atoms with Gasteiger partial charge < -0.3 is 15.0 Å². The average Bonchev–Trinajstić information content (AvgIpc) is 2.82. The molecule has 2 aromatic carbocycles. The van der Waals surface area contributed by atoms with Crippen molar-refractivity contribution in [2.75, 3.05) is 7.11 Å². The predicted octanol–water partition coefficient (Wildman–Crippen LogP) is 5.47. The van der Waals surface area contributed by atoms with Gasteiger partial charge in [0, 0.05) is 19.0 Å². The second kappa shape index (κ2) is 13.0. The molecule has 5 nitrogen and oxygen atoms in total. The number of carbonyl (C=O) groups is 2. The Labute approximate surface area is 199 Å². The van der Waals surface area contributed by atoms with E-state index in [4.69, 9.17) is 4.74 Å². The number of benzene rings is 2. The summed E-state index contributed by atoms with van der Waals surface area (Å²) in [5.41, 5.74) is 3.36. The second-order valence-corrected chi connectivity index (χ2v) is 9.01. The van der Waals surface area contributed by atoms with Gasteiger partial charge in [-0.25, -0.2) is 0 Å². The lowest BCUT2D eigenvalue weighted by atomic mass is 10.00. The lowest BCUT2D eigenvalue weighted by molar-refractivity contribution is -0.141. The molecule has 0 aromatic heterocycles. The van der Waals surface area contributed by atoms with Gasteiger partial charge in [-0.2, -0.15) is 0 Å². The van der Waals surface area contributed by atoms with Gasteiger partial charge in [0.25, 0.3) is 0 Å². The maximum Gasteiger partial charge on any atom is 0.243 e. The van der Waals surface area contributed by atoms with Gasteiger partial charge in [-0.15, -0.1) is 0 Å². The van der Waals surface area contributed by atoms with E-state index in [1.807, 2.05) is 45.0 Å². The number of aryl methyl sites for hydroxylation is 1. The lowest BCUT2D eigenvalue weighted by Crippen LogP contribution is -2.50. The molecular weight excluding hydrogens is 412 g/mol. The Bertz CT molecular complexity index is 892. The molecule has 2 atom stereocenters. The first-order valence-electron chi connectivity index (χ1n) is 12.1. The van der Waals surface area contributed by atoms with Crippen molar-refractivity contribution in [1.82, 2.24) is 10.2 Å². The highest BCUT2D eigenvalue weighted by Gasteiger charge is 2.29. The maximum absolute atomic E-state index is 13.4. The fourth-order valence-corrected chi connectivity index (χ4v) is 3.79. The van der Waals surface area contributed by atoms with Gasteiger partial charge in [-0.3, -0.25) is 9.59 Å². The number of hydrogen-bond acceptors (Lipinski definition) is 3. The predicted molar refractivity (Wildman–Crippen MR) is 134 cm³/mol. The van der Waals surface area contributed by atoms with E-state index in [-0.39, 0.29) is 17.9 Å². The van der Waals surface area contributed by atoms with E-state index in [1.165, 1.54) is 5.56 Å². The smallest absolute Gasteiger partial charge is 0.243 e. The molecule has 0 radical (unpaired) electrons. The van der Waals surface area contributed by atoms with Gasteiger partial charge in [0.1, 0.15) is 11.8 Å². The van der Waals surface area contributed by atoms with E-state index < -0.39 is 6.04 Å². The van der Waals surface area contributed by atoms with Crippen molar-refractivity contribution in [1.29, 1.82) is 0 Å². The van der Waals surface area contributed by atoms with Gasteiger partial charge >= 0.3 is 0 Å². The SMILES string of the molecule is CCC(C)NC(=O)C(CC)N(Cc1cccc(OC)c1)C(=O)CCc1ccc(C(C)C)cc1. The Morgan fingerprint density at radius 3 is 2.24 bits per heavy atom. The van der Waals surface area contributed by atoms with Crippen LogP contribution in [0.25, 0.3) is 0 Å². The molecule has 0 heterocycles. The molecule has 2 aromatic rings. The van der Waals surface area contributed by atoms with E-state index in [2.05, 4.69) is 43.4 Å². The second-order valence-electron chi connectivity index (χ2n) is 9.01. The summed E-state index contributed by atoms with van der Waals surface area (Å²) in [6.07, 6.45) is 2.41. The monoisotopic (exact) mass is 452 g/mol. The minimum absolute atomic E-state index is 0.0168. The van der Waals surface area contributed by atoms with Crippen molar-refractivity contribution in [3.63, 3.8) is 0 Å². The summed E-state index contributed by atoms with van der Waals surface area (Å²) in [7, 11) is 1.63. The zero-order valence-electron chi connectivity index (χ0n) is 21.1. The molecule has 5 heteroatoms. The fraction of sp³-hybridized carbons (Fsp3) is 0.500. The van der Waals surface area contributed by atoms with Crippen LogP contribution < -0.4 is 10.1 Å². The van der Waals surface area contributed by atoms with Crippen molar-refractivity contribution in [3.05, 3.63) is 65.2 Å². The Kier molecular flexibility index (Phi) is 10.4. The molecule has 180 valence electrons. The van der Waals surface area contributed by atoms with Crippen LogP contribution in [-0.4, -0.2) is 35.9 Å². The van der Waals surface area contributed by atoms with Crippen LogP contribution in [0.2, 0.25) is 0 Å². The molecule has 2 unspecified atom stereocenters. The standard InChI is InChI=1S/C28H40N2O3/c1-7-21(5)29-28(32)26(8-2)30(19-23-10-9-11-25(18-23)33-6)27(31)17-14-22-12-15-24(16-13-22)20(3)4/h9-13,15-16,18,20-21,26H,7-8,14,17,19H2,1-6H3,(H,29,32). The third kappa shape index (κ3) is 7.92. The van der Waals surface area contributed by atoms with Crippen LogP contribution in [0, 0.1) is 0 Å². The average molecular weight is 453 g/mol. The first-order chi connectivity index (χ1) is 15.8. The largest absolute Gasteiger partial charge is 0.497 e. The van der Waals surface area contributed by atoms with Crippen molar-refractivity contribution >= 4 is 11.8 Å². The van der Waals surface area contributed by atoms with E-state index in [0.717, 1.165) is 23.3 Å². The fourth-order valence-electron chi connectivity index (χ4n) is 3.79. The van der Waals surface area contributed by atoms with Crippen LogP contribution in [0.5, 0.6) is 5.75 Å². The summed E-state index contributed by atoms with van der Waals surface area (Å²) in [4.78, 5) is 28.2. The zero-order valence-corrected chi connectivity index (χ0v) is 21.1. The van der Waals surface area contributed by atoms with Crippen molar-refractivity contribution in [3.8, 4) is 5.75 Å². The number of nitrogens with zero attached hydrogens (tertiary/aromatic N) is 1. The molecule has 0 fully saturated rings. The first-order valence-corrected chi connectivity index (χ1v) is 12.1. The van der Waals surface area contributed by atoms with Crippen molar-refractivity contribution < 1.29 is 14.3 Å². The maximum atomic E-state index is 13.4. The number of carbonyl (C=O) groups excluding carboxylic acids is 2. The molecule has 33 heavy (non-hydrogen) atoms. The number of methoxy groups -OCH3 is 1. The Morgan fingerprint density at radius 1 is 0.970 bits per heavy atom. The van der Waals surface area contributed by atoms with Crippen LogP contribution in [0.3, 0.4) is 0 Å². The molecule has 0 saturated heterocycles. The molecule has 0 aliphatic rings. The highest BCUT2D eigenvalue weighted by atomic mass is 16.5. The van der Waals surface area contributed by atoms with Crippen LogP contribution in [0.15, 0.2) is 48.5 Å². The van der Waals surface area contributed by atoms with Crippen molar-refractivity contribution in [2.24, 2.45) is 0 Å². The molecule has 0 saturated carbocycles. The molecule has 2 amide bonds. The molecular formula is C28H40N2O3. The summed E-state index contributed by atoms with van der Waals surface area (Å²) in [5, 5.41) is 3.06.